The van der Waals surface area contributed by atoms with Crippen molar-refractivity contribution >= 4 is 11.6 Å². The minimum atomic E-state index is 0.135. The monoisotopic (exact) mass is 212 g/mol. The van der Waals surface area contributed by atoms with Crippen LogP contribution in [0.5, 0.6) is 0 Å². The fraction of sp³-hybridized carbons (Fsp3) is 0.455. The highest BCUT2D eigenvalue weighted by molar-refractivity contribution is 6.30. The molecule has 0 spiro atoms. The van der Waals surface area contributed by atoms with Crippen molar-refractivity contribution in [2.45, 2.75) is 18.9 Å². The topological polar surface area (TPSA) is 18.5 Å². The first-order valence-corrected chi connectivity index (χ1v) is 5.19. The van der Waals surface area contributed by atoms with Crippen molar-refractivity contribution in [2.24, 2.45) is 0 Å². The third-order valence-electron chi connectivity index (χ3n) is 2.33. The molecule has 1 aromatic carbocycles. The van der Waals surface area contributed by atoms with E-state index in [1.807, 2.05) is 24.3 Å². The molecule has 0 amide bonds. The zero-order valence-electron chi connectivity index (χ0n) is 7.91. The van der Waals surface area contributed by atoms with Crippen LogP contribution < -0.4 is 0 Å². The van der Waals surface area contributed by atoms with Crippen molar-refractivity contribution in [3.63, 3.8) is 0 Å². The van der Waals surface area contributed by atoms with Crippen LogP contribution in [-0.2, 0) is 9.47 Å². The number of hydrogen-bond acceptors (Lipinski definition) is 2. The summed E-state index contributed by atoms with van der Waals surface area (Å²) in [6, 6.07) is 7.82. The second-order valence-electron chi connectivity index (χ2n) is 3.38. The summed E-state index contributed by atoms with van der Waals surface area (Å²) >= 11 is 5.92. The summed E-state index contributed by atoms with van der Waals surface area (Å²) < 4.78 is 10.8. The van der Waals surface area contributed by atoms with E-state index in [0.29, 0.717) is 6.79 Å². The maximum Gasteiger partial charge on any atom is 0.147 e. The van der Waals surface area contributed by atoms with Gasteiger partial charge in [0, 0.05) is 11.6 Å². The molecule has 3 heteroatoms. The van der Waals surface area contributed by atoms with Gasteiger partial charge < -0.3 is 9.47 Å². The van der Waals surface area contributed by atoms with Crippen LogP contribution in [0.25, 0.3) is 0 Å². The largest absolute Gasteiger partial charge is 0.355 e. The summed E-state index contributed by atoms with van der Waals surface area (Å²) in [7, 11) is 0. The molecule has 1 saturated heterocycles. The summed E-state index contributed by atoms with van der Waals surface area (Å²) in [6.07, 6.45) is 2.17. The molecule has 0 N–H and O–H groups in total. The Labute approximate surface area is 88.8 Å². The van der Waals surface area contributed by atoms with Gasteiger partial charge in [0.1, 0.15) is 6.79 Å². The van der Waals surface area contributed by atoms with Gasteiger partial charge in [0.15, 0.2) is 0 Å². The smallest absolute Gasteiger partial charge is 0.147 e. The molecule has 1 aliphatic rings. The highest BCUT2D eigenvalue weighted by Crippen LogP contribution is 2.26. The Kier molecular flexibility index (Phi) is 3.40. The molecule has 1 heterocycles. The number of halogens is 1. The minimum Gasteiger partial charge on any atom is -0.355 e. The van der Waals surface area contributed by atoms with Crippen LogP contribution in [0, 0.1) is 0 Å². The van der Waals surface area contributed by atoms with Crippen molar-refractivity contribution in [3.05, 3.63) is 34.9 Å². The first kappa shape index (κ1) is 9.97. The van der Waals surface area contributed by atoms with E-state index in [1.54, 1.807) is 0 Å². The summed E-state index contributed by atoms with van der Waals surface area (Å²) in [5.41, 5.74) is 1.14. The Bertz CT molecular complexity index is 293. The van der Waals surface area contributed by atoms with Gasteiger partial charge in [-0.15, -0.1) is 0 Å². The van der Waals surface area contributed by atoms with E-state index < -0.39 is 0 Å². The highest BCUT2D eigenvalue weighted by Gasteiger charge is 2.14. The van der Waals surface area contributed by atoms with E-state index in [2.05, 4.69) is 0 Å². The van der Waals surface area contributed by atoms with Gasteiger partial charge >= 0.3 is 0 Å². The van der Waals surface area contributed by atoms with Gasteiger partial charge in [-0.1, -0.05) is 23.7 Å². The van der Waals surface area contributed by atoms with Crippen molar-refractivity contribution < 1.29 is 9.47 Å². The number of ether oxygens (including phenoxy) is 2. The third kappa shape index (κ3) is 2.47. The minimum absolute atomic E-state index is 0.135. The summed E-state index contributed by atoms with van der Waals surface area (Å²) in [5, 5.41) is 0.760. The average molecular weight is 213 g/mol. The molecule has 1 unspecified atom stereocenters. The van der Waals surface area contributed by atoms with E-state index in [-0.39, 0.29) is 6.10 Å². The molecule has 14 heavy (non-hydrogen) atoms. The molecule has 1 atom stereocenters. The molecule has 0 bridgehead atoms. The Balaban J connectivity index is 2.12. The first-order valence-electron chi connectivity index (χ1n) is 4.81. The van der Waals surface area contributed by atoms with Gasteiger partial charge in [0.25, 0.3) is 0 Å². The van der Waals surface area contributed by atoms with Gasteiger partial charge in [-0.2, -0.15) is 0 Å². The van der Waals surface area contributed by atoms with Crippen LogP contribution in [0.2, 0.25) is 5.02 Å². The molecule has 1 aliphatic heterocycles. The molecule has 76 valence electrons. The number of hydrogen-bond donors (Lipinski definition) is 0. The van der Waals surface area contributed by atoms with E-state index in [9.17, 15) is 0 Å². The van der Waals surface area contributed by atoms with Crippen molar-refractivity contribution in [2.75, 3.05) is 13.4 Å². The Morgan fingerprint density at radius 1 is 1.36 bits per heavy atom. The lowest BCUT2D eigenvalue weighted by atomic mass is 10.1. The molecule has 2 rings (SSSR count). The van der Waals surface area contributed by atoms with Crippen molar-refractivity contribution in [1.29, 1.82) is 0 Å². The fourth-order valence-electron chi connectivity index (χ4n) is 1.61. The maximum absolute atomic E-state index is 5.92. The number of rotatable bonds is 1. The van der Waals surface area contributed by atoms with Crippen LogP contribution in [0.4, 0.5) is 0 Å². The first-order chi connectivity index (χ1) is 6.86. The molecule has 0 aromatic heterocycles. The predicted molar refractivity (Wildman–Crippen MR) is 55.3 cm³/mol. The average Bonchev–Trinajstić information content (AvgIpc) is 2.45. The van der Waals surface area contributed by atoms with Crippen LogP contribution in [-0.4, -0.2) is 13.4 Å². The quantitative estimate of drug-likeness (QED) is 0.712. The SMILES string of the molecule is Clc1cccc(C2CCCOCO2)c1. The molecular weight excluding hydrogens is 200 g/mol. The number of benzene rings is 1. The normalized spacial score (nSPS) is 23.1. The lowest BCUT2D eigenvalue weighted by molar-refractivity contribution is -0.0685. The fourth-order valence-corrected chi connectivity index (χ4v) is 1.81. The molecule has 1 aromatic rings. The van der Waals surface area contributed by atoms with E-state index >= 15 is 0 Å². The molecular formula is C11H13ClO2. The Morgan fingerprint density at radius 3 is 3.14 bits per heavy atom. The zero-order valence-corrected chi connectivity index (χ0v) is 8.67. The van der Waals surface area contributed by atoms with Crippen LogP contribution in [0.3, 0.4) is 0 Å². The van der Waals surface area contributed by atoms with Gasteiger partial charge in [-0.3, -0.25) is 0 Å². The zero-order chi connectivity index (χ0) is 9.80. The summed E-state index contributed by atoms with van der Waals surface area (Å²) in [5.74, 6) is 0. The second kappa shape index (κ2) is 4.78. The molecule has 0 aliphatic carbocycles. The molecule has 0 radical (unpaired) electrons. The standard InChI is InChI=1S/C11H13ClO2/c12-10-4-1-3-9(7-10)11-5-2-6-13-8-14-11/h1,3-4,7,11H,2,5-6,8H2. The maximum atomic E-state index is 5.92. The summed E-state index contributed by atoms with van der Waals surface area (Å²) in [4.78, 5) is 0. The summed E-state index contributed by atoms with van der Waals surface area (Å²) in [6.45, 7) is 1.17. The van der Waals surface area contributed by atoms with E-state index in [4.69, 9.17) is 21.1 Å². The van der Waals surface area contributed by atoms with Gasteiger partial charge in [-0.25, -0.2) is 0 Å². The van der Waals surface area contributed by atoms with E-state index in [1.165, 1.54) is 0 Å². The van der Waals surface area contributed by atoms with Gasteiger partial charge in [0.05, 0.1) is 6.10 Å². The lowest BCUT2D eigenvalue weighted by Crippen LogP contribution is -2.03. The highest BCUT2D eigenvalue weighted by atomic mass is 35.5. The van der Waals surface area contributed by atoms with Gasteiger partial charge in [0.2, 0.25) is 0 Å². The third-order valence-corrected chi connectivity index (χ3v) is 2.56. The van der Waals surface area contributed by atoms with Crippen molar-refractivity contribution in [3.8, 4) is 0 Å². The van der Waals surface area contributed by atoms with Crippen LogP contribution in [0.1, 0.15) is 24.5 Å². The van der Waals surface area contributed by atoms with Crippen LogP contribution >= 0.6 is 11.6 Å². The second-order valence-corrected chi connectivity index (χ2v) is 3.82. The Morgan fingerprint density at radius 2 is 2.29 bits per heavy atom. The molecule has 2 nitrogen and oxygen atoms in total. The molecule has 0 saturated carbocycles. The lowest BCUT2D eigenvalue weighted by Gasteiger charge is -2.14. The predicted octanol–water partition coefficient (Wildman–Crippen LogP) is 3.17. The van der Waals surface area contributed by atoms with Crippen molar-refractivity contribution in [1.82, 2.24) is 0 Å². The Hall–Kier alpha value is -0.570. The van der Waals surface area contributed by atoms with Gasteiger partial charge in [-0.05, 0) is 30.5 Å². The van der Waals surface area contributed by atoms with Crippen LogP contribution in [0.15, 0.2) is 24.3 Å². The molecule has 1 fully saturated rings. The van der Waals surface area contributed by atoms with E-state index in [0.717, 1.165) is 30.0 Å².